The third kappa shape index (κ3) is 21.9. The molecule has 24 nitrogen and oxygen atoms in total. The maximum Gasteiger partial charge on any atom is 0.335 e. The Hall–Kier alpha value is -1.30. The van der Waals surface area contributed by atoms with Gasteiger partial charge in [-0.1, -0.05) is 289 Å². The zero-order valence-corrected chi connectivity index (χ0v) is 90.1. The van der Waals surface area contributed by atoms with Crippen molar-refractivity contribution in [2.24, 2.45) is 11.8 Å². The van der Waals surface area contributed by atoms with Crippen LogP contribution in [0.5, 0.6) is 0 Å². The monoisotopic (exact) mass is 2180 g/mol. The number of aliphatic hydroxyl groups is 3. The van der Waals surface area contributed by atoms with E-state index in [1.165, 1.54) is 0 Å². The summed E-state index contributed by atoms with van der Waals surface area (Å²) in [5.41, 5.74) is 10.7. The predicted molar refractivity (Wildman–Crippen MR) is 489 cm³/mol. The van der Waals surface area contributed by atoms with Crippen LogP contribution in [0.25, 0.3) is 4.85 Å². The summed E-state index contributed by atoms with van der Waals surface area (Å²) < 4.78 is 82.9. The van der Waals surface area contributed by atoms with Gasteiger partial charge in [0, 0.05) is 58.8 Å². The van der Waals surface area contributed by atoms with Crippen molar-refractivity contribution in [3.05, 3.63) is 131 Å². The molecule has 4 bridgehead atoms. The summed E-state index contributed by atoms with van der Waals surface area (Å²) >= 11 is 16.9. The van der Waals surface area contributed by atoms with Gasteiger partial charge >= 0.3 is 51.4 Å². The van der Waals surface area contributed by atoms with E-state index in [0.717, 1.165) is 23.0 Å². The van der Waals surface area contributed by atoms with Gasteiger partial charge in [-0.05, 0) is 90.6 Å². The Kier molecular flexibility index (Phi) is 40.3. The van der Waals surface area contributed by atoms with Crippen molar-refractivity contribution in [3.8, 4) is 12.1 Å². The van der Waals surface area contributed by atoms with Crippen molar-refractivity contribution in [1.29, 1.82) is 11.9 Å². The molecule has 2 radical (unpaired) electrons. The fourth-order valence-corrected chi connectivity index (χ4v) is 55.2. The number of aldehydes is 1. The third-order valence-electron chi connectivity index (χ3n) is 25.5. The van der Waals surface area contributed by atoms with Crippen LogP contribution in [0.1, 0.15) is 202 Å². The minimum atomic E-state index is -3.08. The van der Waals surface area contributed by atoms with Crippen LogP contribution in [0.3, 0.4) is 0 Å². The van der Waals surface area contributed by atoms with Crippen molar-refractivity contribution in [1.82, 2.24) is 16.4 Å². The van der Waals surface area contributed by atoms with E-state index in [0.29, 0.717) is 5.70 Å². The number of ether oxygens (including phenoxy) is 2. The fourth-order valence-electron chi connectivity index (χ4n) is 19.3. The normalized spacial score (nSPS) is 32.1. The van der Waals surface area contributed by atoms with Gasteiger partial charge in [-0.2, -0.15) is 27.0 Å². The second-order valence-electron chi connectivity index (χ2n) is 36.8. The van der Waals surface area contributed by atoms with Gasteiger partial charge in [0.2, 0.25) is 0 Å². The summed E-state index contributed by atoms with van der Waals surface area (Å²) in [6, 6.07) is 34.2. The first-order valence-corrected chi connectivity index (χ1v) is 57.3. The summed E-state index contributed by atoms with van der Waals surface area (Å²) in [6.45, 7) is 60.6. The number of nitriles is 2. The Labute approximate surface area is 782 Å². The Bertz CT molecular complexity index is 3860. The van der Waals surface area contributed by atoms with E-state index in [-0.39, 0.29) is 142 Å². The van der Waals surface area contributed by atoms with Crippen LogP contribution in [0.4, 0.5) is 0 Å². The van der Waals surface area contributed by atoms with Crippen molar-refractivity contribution in [2.75, 3.05) is 5.34 Å². The second kappa shape index (κ2) is 45.7. The van der Waals surface area contributed by atoms with Gasteiger partial charge in [-0.15, -0.1) is 23.2 Å². The number of carbonyl (C=O) groups excluding carboxylic acids is 1. The van der Waals surface area contributed by atoms with E-state index < -0.39 is 157 Å². The molecular weight excluding hydrogens is 2040 g/mol. The standard InChI is InChI=1S/2C28H45BrN2O6Si2.C28H44N2O6Si2.CH2Cl2.BH.U/c1-17(2)38(18(3)4)35-26-25-24(29)22(15-30)28(14-23(32)34-25,31-33-16-21-12-10-9-11-13-21)27(26)36-39(37-38,19(5)6)20(7)8;1-18(2)38(19(3)4)35-26-25(33)24(29)23(16-30)28(14-15-32,31-34-17-22-12-10-9-11-13-22)27(26)36-39(37-38,20(5)6)21(7)8;1-18(2)37(19(3)4)34-26-23-15-24(29-9)28(16-25(31)33-23,30-32-17-22-13-11-10-12-14-22)27(26)35-38(36-37,20(5)6)21(7)8;2-1-3;;/h9-13,17-20,22-27,31-32H,14,16H2,1-8H3;9-13,15,18-21,23-27,31,33H,14,17H2,1-8H3;10-15,18-21,23,25-27,30-31H,16-17H2,1-8H3;1H2;1H;/t22-,23-,24?,25?,26-,27?,28-;;23?,25-,26-,27?,28-;;;/m1.1.../s1/i;;;;1D;. The van der Waals surface area contributed by atoms with Crippen LogP contribution < -0.4 is 16.4 Å². The number of fused-ring (bicyclic) bond motifs is 6. The average molecular weight is 2180 g/mol. The minimum absolute atomic E-state index is 0. The van der Waals surface area contributed by atoms with Gasteiger partial charge in [-0.25, -0.2) is 4.85 Å². The number of rotatable bonds is 26. The van der Waals surface area contributed by atoms with Gasteiger partial charge in [0.25, 0.3) is 0 Å². The van der Waals surface area contributed by atoms with Crippen LogP contribution >= 0.6 is 55.1 Å². The summed E-state index contributed by atoms with van der Waals surface area (Å²) in [7, 11) is -14.1. The molecule has 0 aromatic heterocycles. The molecule has 3 aliphatic carbocycles. The van der Waals surface area contributed by atoms with Gasteiger partial charge in [0.15, 0.2) is 18.3 Å². The molecule has 13 rings (SSSR count). The third-order valence-corrected chi connectivity index (χ3v) is 58.4. The number of halogens is 4. The molecule has 121 heavy (non-hydrogen) atoms. The number of nitrogens with one attached hydrogen (secondary N) is 3. The van der Waals surface area contributed by atoms with Gasteiger partial charge in [-0.3, -0.25) is 14.5 Å². The number of benzene rings is 3. The molecule has 6 N–H and O–H groups in total. The number of nitrogens with zero attached hydrogens (tertiary/aromatic N) is 3. The van der Waals surface area contributed by atoms with Crippen LogP contribution in [-0.2, 0) is 87.5 Å². The molecule has 0 spiro atoms. The SMILES string of the molecule is CC(C)[Si]1(C(C)C)OC2C(O)C(Br)C(C#N)C(CC=O)(NOCc3ccccc3)C2O[Si](C(C)C)(C(C)C)O1.CC(C)[Si]1(C(C)C)OC2[C@H](O[Si](C(C)C)(C(C)C)O1)C1O[C@@H](O)C[C@@]2(NOCc2ccccc2)[C@H](C#N)C1Br.ClCCl.[2H][B].[C-]#[N+]C1=CC2O[C@@H](O)C[C@]1(NOCc1ccccc1)C1O[Si](C(C)C)(C(C)C)O[Si](C(C)C)(C(C)C)O[C@H]21.[U]. The van der Waals surface area contributed by atoms with Crippen LogP contribution in [-0.4, -0.2) is 182 Å². The summed E-state index contributed by atoms with van der Waals surface area (Å²) in [4.78, 5) is 33.4. The number of alkyl halides is 4. The van der Waals surface area contributed by atoms with Crippen LogP contribution in [0.2, 0.25) is 66.5 Å². The maximum atomic E-state index is 12.3. The van der Waals surface area contributed by atoms with Crippen molar-refractivity contribution >= 4 is 121 Å². The summed E-state index contributed by atoms with van der Waals surface area (Å²) in [6.07, 6.45) is -5.93. The molecule has 7 aliphatic heterocycles. The molecule has 7 heterocycles. The fraction of sp³-hybridized carbons (Fsp3) is 0.718. The molecule has 11 unspecified atom stereocenters. The van der Waals surface area contributed by atoms with Gasteiger partial charge < -0.3 is 68.5 Å². The van der Waals surface area contributed by atoms with E-state index in [2.05, 4.69) is 240 Å². The van der Waals surface area contributed by atoms with E-state index in [4.69, 9.17) is 94.0 Å². The molecule has 36 heteroatoms. The molecule has 0 amide bonds. The predicted octanol–water partition coefficient (Wildman–Crippen LogP) is 17.9. The quantitative estimate of drug-likeness (QED) is 0.0143. The van der Waals surface area contributed by atoms with Gasteiger partial charge in [0.1, 0.15) is 36.2 Å². The first kappa shape index (κ1) is 107. The first-order chi connectivity index (χ1) is 57.0. The second-order valence-corrected chi connectivity index (χ2v) is 66.1. The van der Waals surface area contributed by atoms with E-state index in [1.54, 1.807) is 6.08 Å². The maximum absolute atomic E-state index is 12.3. The molecule has 3 aromatic carbocycles. The molecule has 3 aromatic rings. The van der Waals surface area contributed by atoms with Crippen molar-refractivity contribution < 1.29 is 114 Å². The number of aliphatic hydroxyl groups excluding tert-OH is 3. The Morgan fingerprint density at radius 3 is 1.21 bits per heavy atom. The summed E-state index contributed by atoms with van der Waals surface area (Å²) in [5.74, 6) is -1.49. The zero-order valence-electron chi connectivity index (χ0n) is 76.2. The first-order valence-electron chi connectivity index (χ1n) is 43.1. The molecule has 674 valence electrons. The van der Waals surface area contributed by atoms with E-state index in [9.17, 15) is 30.6 Å². The number of carbonyl (C=O) groups is 1. The van der Waals surface area contributed by atoms with E-state index >= 15 is 0 Å². The Balaban J connectivity index is 0.000000275. The van der Waals surface area contributed by atoms with Crippen molar-refractivity contribution in [2.45, 2.75) is 366 Å². The zero-order chi connectivity index (χ0) is 90.5. The Morgan fingerprint density at radius 1 is 0.504 bits per heavy atom. The Morgan fingerprint density at radius 2 is 0.843 bits per heavy atom. The molecule has 8 fully saturated rings. The van der Waals surface area contributed by atoms with Crippen LogP contribution in [0, 0.1) is 72.2 Å². The molecule has 10 aliphatic rings. The number of hydroxylamine groups is 3. The molecular formula is C85H137BBr2Cl2N6O18Si6U. The van der Waals surface area contributed by atoms with E-state index in [1.807, 2.05) is 91.0 Å². The molecule has 2 saturated carbocycles. The number of hydrogen-bond acceptors (Lipinski definition) is 23. The minimum Gasteiger partial charge on any atom is -0.414 e. The number of hydrogen-bond donors (Lipinski definition) is 6. The average Bonchev–Trinajstić information content (AvgIpc) is 1.55. The topological polar surface area (TPSA) is 295 Å². The largest absolute Gasteiger partial charge is 0.414 e. The molecule has 18 atom stereocenters. The smallest absolute Gasteiger partial charge is 0.335 e. The van der Waals surface area contributed by atoms with Crippen LogP contribution in [0.15, 0.2) is 103 Å². The van der Waals surface area contributed by atoms with Gasteiger partial charge in [0.05, 0.1) is 107 Å². The summed E-state index contributed by atoms with van der Waals surface area (Å²) in [5, 5.41) is 55.0. The molecule has 6 saturated heterocycles. The van der Waals surface area contributed by atoms with Crippen molar-refractivity contribution in [3.63, 3.8) is 0 Å².